The normalized spacial score (nSPS) is 20.8. The van der Waals surface area contributed by atoms with E-state index in [2.05, 4.69) is 35.1 Å². The zero-order valence-electron chi connectivity index (χ0n) is 24.7. The summed E-state index contributed by atoms with van der Waals surface area (Å²) in [6.07, 6.45) is 6.15. The van der Waals surface area contributed by atoms with Crippen LogP contribution in [0.5, 0.6) is 0 Å². The smallest absolute Gasteiger partial charge is 0.224 e. The van der Waals surface area contributed by atoms with Gasteiger partial charge in [0, 0.05) is 50.2 Å². The molecule has 0 radical (unpaired) electrons. The van der Waals surface area contributed by atoms with Crippen molar-refractivity contribution in [3.05, 3.63) is 53.6 Å². The van der Waals surface area contributed by atoms with Gasteiger partial charge in [-0.15, -0.1) is 10.8 Å². The molecule has 9 heteroatoms. The predicted molar refractivity (Wildman–Crippen MR) is 172 cm³/mol. The molecule has 2 atom stereocenters. The fourth-order valence-electron chi connectivity index (χ4n) is 5.85. The lowest BCUT2D eigenvalue weighted by atomic mass is 9.72. The molecule has 0 unspecified atom stereocenters. The van der Waals surface area contributed by atoms with Crippen molar-refractivity contribution in [1.82, 2.24) is 4.31 Å². The fourth-order valence-corrected chi connectivity index (χ4v) is 8.09. The van der Waals surface area contributed by atoms with Crippen LogP contribution < -0.4 is 10.2 Å². The first kappa shape index (κ1) is 32.9. The van der Waals surface area contributed by atoms with Gasteiger partial charge in [0.1, 0.15) is 0 Å². The second kappa shape index (κ2) is 14.5. The van der Waals surface area contributed by atoms with Crippen molar-refractivity contribution in [3.8, 4) is 0 Å². The Morgan fingerprint density at radius 1 is 1.05 bits per heavy atom. The molecular formula is C31H48BrN3O4S. The van der Waals surface area contributed by atoms with Crippen LogP contribution in [0, 0.1) is 0 Å². The van der Waals surface area contributed by atoms with Gasteiger partial charge in [-0.1, -0.05) is 67.6 Å². The van der Waals surface area contributed by atoms with Crippen LogP contribution in [0.25, 0.3) is 0 Å². The van der Waals surface area contributed by atoms with E-state index in [1.807, 2.05) is 55.4 Å². The van der Waals surface area contributed by atoms with Gasteiger partial charge in [0.25, 0.3) is 0 Å². The summed E-state index contributed by atoms with van der Waals surface area (Å²) in [5.74, 6) is -0.561. The molecule has 0 fully saturated rings. The Morgan fingerprint density at radius 2 is 1.73 bits per heavy atom. The number of amides is 1. The summed E-state index contributed by atoms with van der Waals surface area (Å²) in [6, 6.07) is 13.4. The van der Waals surface area contributed by atoms with Crippen LogP contribution in [0.1, 0.15) is 88.7 Å². The molecule has 0 aromatic heterocycles. The Labute approximate surface area is 251 Å². The molecule has 1 aliphatic rings. The number of rotatable bonds is 13. The number of alkyl halides is 1. The number of anilines is 2. The molecule has 4 N–H and O–H groups in total. The molecule has 7 nitrogen and oxygen atoms in total. The first-order valence-corrected chi connectivity index (χ1v) is 17.1. The van der Waals surface area contributed by atoms with Crippen LogP contribution in [0.2, 0.25) is 0 Å². The van der Waals surface area contributed by atoms with Gasteiger partial charge in [0.15, 0.2) is 0 Å². The number of likely N-dealkylation sites (N-methyl/N-ethyl adjacent to an activating group) is 1. The van der Waals surface area contributed by atoms with Gasteiger partial charge < -0.3 is 15.3 Å². The summed E-state index contributed by atoms with van der Waals surface area (Å²) < 4.78 is 25.4. The second-order valence-corrected chi connectivity index (χ2v) is 14.0. The van der Waals surface area contributed by atoms with E-state index in [0.29, 0.717) is 35.4 Å². The number of fused-ring (bicyclic) bond motifs is 1. The number of aliphatic hydroxyl groups is 1. The van der Waals surface area contributed by atoms with Crippen molar-refractivity contribution in [2.24, 2.45) is 0 Å². The number of carbonyl (C=O) groups is 1. The van der Waals surface area contributed by atoms with E-state index >= 15 is 0 Å². The van der Waals surface area contributed by atoms with Crippen molar-refractivity contribution in [2.75, 3.05) is 36.7 Å². The van der Waals surface area contributed by atoms with E-state index in [9.17, 15) is 19.0 Å². The molecule has 224 valence electrons. The van der Waals surface area contributed by atoms with Crippen LogP contribution >= 0.6 is 26.7 Å². The maximum absolute atomic E-state index is 12.6. The number of benzene rings is 2. The van der Waals surface area contributed by atoms with E-state index in [0.717, 1.165) is 55.1 Å². The molecule has 2 aromatic rings. The number of halogens is 1. The third-order valence-corrected chi connectivity index (χ3v) is 10.9. The molecule has 0 saturated carbocycles. The first-order chi connectivity index (χ1) is 19.0. The maximum Gasteiger partial charge on any atom is 0.224 e. The summed E-state index contributed by atoms with van der Waals surface area (Å²) in [6.45, 7) is 4.24. The molecule has 40 heavy (non-hydrogen) atoms. The van der Waals surface area contributed by atoms with E-state index in [4.69, 9.17) is 0 Å². The molecule has 1 aliphatic heterocycles. The highest BCUT2D eigenvalue weighted by molar-refractivity contribution is 9.09. The van der Waals surface area contributed by atoms with Gasteiger partial charge in [-0.25, -0.2) is 0 Å². The van der Waals surface area contributed by atoms with Crippen LogP contribution in [-0.2, 0) is 4.79 Å². The lowest BCUT2D eigenvalue weighted by molar-refractivity contribution is -0.116. The lowest BCUT2D eigenvalue weighted by Crippen LogP contribution is -2.56. The topological polar surface area (TPSA) is 96.3 Å². The molecule has 2 aromatic carbocycles. The summed E-state index contributed by atoms with van der Waals surface area (Å²) in [4.78, 5) is 15.1. The number of nitrogens with zero attached hydrogens (tertiary/aromatic N) is 2. The molecule has 1 amide bonds. The lowest BCUT2D eigenvalue weighted by Gasteiger charge is -2.52. The zero-order valence-corrected chi connectivity index (χ0v) is 27.1. The van der Waals surface area contributed by atoms with Crippen LogP contribution in [0.4, 0.5) is 11.4 Å². The zero-order chi connectivity index (χ0) is 29.5. The molecule has 1 heterocycles. The van der Waals surface area contributed by atoms with E-state index in [-0.39, 0.29) is 5.91 Å². The van der Waals surface area contributed by atoms with Gasteiger partial charge in [0.05, 0.1) is 16.5 Å². The van der Waals surface area contributed by atoms with Gasteiger partial charge in [-0.3, -0.25) is 13.9 Å². The number of unbranched alkanes of at least 4 members (excludes halogenated alkanes) is 3. The van der Waals surface area contributed by atoms with E-state index in [1.165, 1.54) is 0 Å². The van der Waals surface area contributed by atoms with Crippen LogP contribution in [0.3, 0.4) is 0 Å². The van der Waals surface area contributed by atoms with Gasteiger partial charge >= 0.3 is 0 Å². The van der Waals surface area contributed by atoms with Crippen molar-refractivity contribution >= 4 is 44.0 Å². The summed E-state index contributed by atoms with van der Waals surface area (Å²) in [5.41, 5.74) is 2.30. The Hall–Kier alpha value is -1.62. The minimum atomic E-state index is -3.40. The molecule has 0 bridgehead atoms. The number of hydrogen-bond donors (Lipinski definition) is 4. The van der Waals surface area contributed by atoms with Gasteiger partial charge in [0.2, 0.25) is 5.91 Å². The molecular weight excluding hydrogens is 590 g/mol. The SMILES string of the molecule is CCCCC1(CCCC)[C@H](O)[C@H](c2cccc(NC(=O)CCCCBr)c2)c2cc(N(C)C)ccc2S(O)(O)N1C. The Balaban J connectivity index is 2.21. The quantitative estimate of drug-likeness (QED) is 0.132. The summed E-state index contributed by atoms with van der Waals surface area (Å²) in [5, 5.41) is 16.4. The highest BCUT2D eigenvalue weighted by Crippen LogP contribution is 2.63. The number of aliphatic hydroxyl groups excluding tert-OH is 1. The minimum absolute atomic E-state index is 0.0380. The van der Waals surface area contributed by atoms with E-state index in [1.54, 1.807) is 17.4 Å². The van der Waals surface area contributed by atoms with E-state index < -0.39 is 28.3 Å². The Kier molecular flexibility index (Phi) is 11.9. The Morgan fingerprint density at radius 3 is 2.33 bits per heavy atom. The van der Waals surface area contributed by atoms with Crippen LogP contribution in [-0.4, -0.2) is 62.5 Å². The Bertz CT molecular complexity index is 1120. The van der Waals surface area contributed by atoms with Crippen molar-refractivity contribution < 1.29 is 19.0 Å². The summed E-state index contributed by atoms with van der Waals surface area (Å²) in [7, 11) is 2.26. The standard InChI is InChI=1S/C31H48BrN3O4S/c1-6-8-18-31(19-9-7-2)30(37)29(23-13-12-14-24(21-23)33-28(36)15-10-11-20-32)26-22-25(34(3)4)16-17-27(26)40(38,39)35(31)5/h12-14,16-17,21-22,29-30,37-39H,6-11,15,18-20H2,1-5H3,(H,33,36)/t29-,30-/m1/s1. The van der Waals surface area contributed by atoms with Crippen LogP contribution in [0.15, 0.2) is 47.4 Å². The highest BCUT2D eigenvalue weighted by atomic mass is 79.9. The third kappa shape index (κ3) is 7.05. The number of nitrogens with one attached hydrogen (secondary N) is 1. The number of carbonyl (C=O) groups excluding carboxylic acids is 1. The van der Waals surface area contributed by atoms with Gasteiger partial charge in [-0.2, -0.15) is 4.31 Å². The average molecular weight is 639 g/mol. The molecule has 0 spiro atoms. The average Bonchev–Trinajstić information content (AvgIpc) is 2.97. The number of hydrogen-bond acceptors (Lipinski definition) is 6. The second-order valence-electron chi connectivity index (χ2n) is 11.2. The predicted octanol–water partition coefficient (Wildman–Crippen LogP) is 7.84. The van der Waals surface area contributed by atoms with Crippen molar-refractivity contribution in [1.29, 1.82) is 0 Å². The maximum atomic E-state index is 12.6. The van der Waals surface area contributed by atoms with Crippen molar-refractivity contribution in [2.45, 2.75) is 94.1 Å². The largest absolute Gasteiger partial charge is 0.390 e. The monoisotopic (exact) mass is 637 g/mol. The molecule has 3 rings (SSSR count). The third-order valence-electron chi connectivity index (χ3n) is 8.26. The molecule has 0 aliphatic carbocycles. The summed E-state index contributed by atoms with van der Waals surface area (Å²) >= 11 is 3.42. The highest BCUT2D eigenvalue weighted by Gasteiger charge is 2.53. The van der Waals surface area contributed by atoms with Gasteiger partial charge in [-0.05, 0) is 67.1 Å². The first-order valence-electron chi connectivity index (χ1n) is 14.5. The van der Waals surface area contributed by atoms with Crippen molar-refractivity contribution in [3.63, 3.8) is 0 Å². The minimum Gasteiger partial charge on any atom is -0.390 e. The molecule has 0 saturated heterocycles. The fraction of sp³-hybridized carbons (Fsp3) is 0.581.